The van der Waals surface area contributed by atoms with Crippen LogP contribution in [0, 0.1) is 0 Å². The van der Waals surface area contributed by atoms with Crippen molar-refractivity contribution in [3.8, 4) is 0 Å². The molecule has 2 atom stereocenters. The van der Waals surface area contributed by atoms with Crippen LogP contribution in [0.15, 0.2) is 35.5 Å². The molecule has 2 aromatic rings. The Morgan fingerprint density at radius 2 is 2.23 bits per heavy atom. The number of hydrogen-bond acceptors (Lipinski definition) is 6. The number of aromatic nitrogens is 4. The summed E-state index contributed by atoms with van der Waals surface area (Å²) in [6, 6.07) is 10.0. The van der Waals surface area contributed by atoms with Crippen LogP contribution < -0.4 is 0 Å². The predicted octanol–water partition coefficient (Wildman–Crippen LogP) is 2.38. The second kappa shape index (κ2) is 9.14. The number of amides is 1. The van der Waals surface area contributed by atoms with Crippen LogP contribution in [0.1, 0.15) is 32.3 Å². The van der Waals surface area contributed by atoms with Crippen LogP contribution in [0.4, 0.5) is 0 Å². The lowest BCUT2D eigenvalue weighted by Gasteiger charge is -2.24. The first-order valence-electron chi connectivity index (χ1n) is 9.04. The molecule has 0 bridgehead atoms. The molecule has 2 unspecified atom stereocenters. The molecule has 0 saturated carbocycles. The molecule has 2 heterocycles. The molecule has 0 spiro atoms. The first kappa shape index (κ1) is 18.8. The van der Waals surface area contributed by atoms with Gasteiger partial charge in [-0.15, -0.1) is 5.10 Å². The Morgan fingerprint density at radius 1 is 1.42 bits per heavy atom. The Hall–Kier alpha value is -1.93. The Bertz CT molecular complexity index is 703. The normalized spacial score (nSPS) is 18.0. The zero-order valence-corrected chi connectivity index (χ0v) is 16.1. The van der Waals surface area contributed by atoms with Gasteiger partial charge in [0.1, 0.15) is 0 Å². The van der Waals surface area contributed by atoms with Gasteiger partial charge in [0, 0.05) is 19.7 Å². The Balaban J connectivity index is 1.60. The number of benzene rings is 1. The van der Waals surface area contributed by atoms with Crippen LogP contribution in [-0.2, 0) is 22.6 Å². The fourth-order valence-electron chi connectivity index (χ4n) is 2.99. The summed E-state index contributed by atoms with van der Waals surface area (Å²) in [6.07, 6.45) is 2.27. The smallest absolute Gasteiger partial charge is 0.236 e. The Labute approximate surface area is 158 Å². The van der Waals surface area contributed by atoms with Crippen molar-refractivity contribution in [2.75, 3.05) is 13.2 Å². The molecule has 0 aliphatic carbocycles. The van der Waals surface area contributed by atoms with Gasteiger partial charge in [-0.1, -0.05) is 42.1 Å². The van der Waals surface area contributed by atoms with E-state index in [1.807, 2.05) is 49.1 Å². The molecule has 7 nitrogen and oxygen atoms in total. The zero-order valence-electron chi connectivity index (χ0n) is 15.2. The highest BCUT2D eigenvalue weighted by Crippen LogP contribution is 2.24. The van der Waals surface area contributed by atoms with Gasteiger partial charge in [-0.3, -0.25) is 4.79 Å². The quantitative estimate of drug-likeness (QED) is 0.660. The number of carbonyl (C=O) groups is 1. The van der Waals surface area contributed by atoms with Crippen molar-refractivity contribution in [3.63, 3.8) is 0 Å². The summed E-state index contributed by atoms with van der Waals surface area (Å²) < 4.78 is 7.40. The third kappa shape index (κ3) is 4.82. The van der Waals surface area contributed by atoms with E-state index in [2.05, 4.69) is 15.5 Å². The molecule has 8 heteroatoms. The highest BCUT2D eigenvalue weighted by atomic mass is 32.2. The lowest BCUT2D eigenvalue weighted by molar-refractivity contribution is -0.130. The molecule has 26 heavy (non-hydrogen) atoms. The van der Waals surface area contributed by atoms with Gasteiger partial charge in [-0.25, -0.2) is 4.68 Å². The minimum absolute atomic E-state index is 0.0908. The molecule has 1 amide bonds. The van der Waals surface area contributed by atoms with Crippen LogP contribution in [0.25, 0.3) is 0 Å². The maximum atomic E-state index is 12.9. The molecular weight excluding hydrogens is 350 g/mol. The van der Waals surface area contributed by atoms with Crippen molar-refractivity contribution < 1.29 is 9.53 Å². The van der Waals surface area contributed by atoms with E-state index in [9.17, 15) is 4.79 Å². The monoisotopic (exact) mass is 375 g/mol. The lowest BCUT2D eigenvalue weighted by atomic mass is 10.2. The standard InChI is InChI=1S/C18H25N5O2S/c1-3-22(12-15-8-5-4-6-9-15)17(24)14(2)26-18-19-20-21-23(18)13-16-10-7-11-25-16/h4-6,8-9,14,16H,3,7,10-13H2,1-2H3. The van der Waals surface area contributed by atoms with Gasteiger partial charge in [-0.05, 0) is 42.7 Å². The molecule has 1 aromatic heterocycles. The number of tetrazole rings is 1. The minimum atomic E-state index is -0.257. The molecule has 140 valence electrons. The van der Waals surface area contributed by atoms with E-state index in [0.29, 0.717) is 24.8 Å². The van der Waals surface area contributed by atoms with E-state index in [4.69, 9.17) is 4.74 Å². The fraction of sp³-hybridized carbons (Fsp3) is 0.556. The Kier molecular flexibility index (Phi) is 6.62. The summed E-state index contributed by atoms with van der Waals surface area (Å²) in [5.74, 6) is 0.0908. The van der Waals surface area contributed by atoms with Gasteiger partial charge in [-0.2, -0.15) is 0 Å². The number of hydrogen-bond donors (Lipinski definition) is 0. The average Bonchev–Trinajstić information content (AvgIpc) is 3.33. The first-order chi connectivity index (χ1) is 12.7. The van der Waals surface area contributed by atoms with E-state index < -0.39 is 0 Å². The van der Waals surface area contributed by atoms with Gasteiger partial charge in [0.05, 0.1) is 17.9 Å². The van der Waals surface area contributed by atoms with E-state index in [-0.39, 0.29) is 17.3 Å². The van der Waals surface area contributed by atoms with E-state index in [1.54, 1.807) is 4.68 Å². The summed E-state index contributed by atoms with van der Waals surface area (Å²) in [6.45, 7) is 6.62. The molecule has 1 aliphatic rings. The molecular formula is C18H25N5O2S. The highest BCUT2D eigenvalue weighted by Gasteiger charge is 2.24. The average molecular weight is 375 g/mol. The first-order valence-corrected chi connectivity index (χ1v) is 9.92. The zero-order chi connectivity index (χ0) is 18.4. The van der Waals surface area contributed by atoms with Gasteiger partial charge < -0.3 is 9.64 Å². The molecule has 3 rings (SSSR count). The van der Waals surface area contributed by atoms with Gasteiger partial charge in [0.15, 0.2) is 0 Å². The molecule has 0 radical (unpaired) electrons. The van der Waals surface area contributed by atoms with Gasteiger partial charge in [0.2, 0.25) is 11.1 Å². The van der Waals surface area contributed by atoms with Crippen LogP contribution in [0.3, 0.4) is 0 Å². The number of ether oxygens (including phenoxy) is 1. The van der Waals surface area contributed by atoms with E-state index >= 15 is 0 Å². The van der Waals surface area contributed by atoms with Crippen molar-refractivity contribution in [3.05, 3.63) is 35.9 Å². The largest absolute Gasteiger partial charge is 0.376 e. The molecule has 1 fully saturated rings. The molecule has 1 aromatic carbocycles. The second-order valence-corrected chi connectivity index (χ2v) is 7.68. The number of rotatable bonds is 8. The third-order valence-corrected chi connectivity index (χ3v) is 5.50. The lowest BCUT2D eigenvalue weighted by Crippen LogP contribution is -2.36. The minimum Gasteiger partial charge on any atom is -0.376 e. The van der Waals surface area contributed by atoms with Crippen molar-refractivity contribution in [2.24, 2.45) is 0 Å². The van der Waals surface area contributed by atoms with Crippen LogP contribution in [0.5, 0.6) is 0 Å². The maximum absolute atomic E-state index is 12.9. The third-order valence-electron chi connectivity index (χ3n) is 4.44. The summed E-state index contributed by atoms with van der Waals surface area (Å²) in [7, 11) is 0. The summed E-state index contributed by atoms with van der Waals surface area (Å²) >= 11 is 1.40. The van der Waals surface area contributed by atoms with Gasteiger partial charge in [0.25, 0.3) is 0 Å². The number of nitrogens with zero attached hydrogens (tertiary/aromatic N) is 5. The summed E-state index contributed by atoms with van der Waals surface area (Å²) in [5.41, 5.74) is 1.13. The van der Waals surface area contributed by atoms with Crippen LogP contribution in [-0.4, -0.2) is 55.5 Å². The van der Waals surface area contributed by atoms with Gasteiger partial charge >= 0.3 is 0 Å². The summed E-state index contributed by atoms with van der Waals surface area (Å²) in [4.78, 5) is 14.7. The molecule has 0 N–H and O–H groups in total. The van der Waals surface area contributed by atoms with Crippen molar-refractivity contribution in [1.82, 2.24) is 25.1 Å². The number of carbonyl (C=O) groups excluding carboxylic acids is 1. The SMILES string of the molecule is CCN(Cc1ccccc1)C(=O)C(C)Sc1nnnn1CC1CCCO1. The number of thioether (sulfide) groups is 1. The predicted molar refractivity (Wildman–Crippen MR) is 99.6 cm³/mol. The van der Waals surface area contributed by atoms with Crippen LogP contribution in [0.2, 0.25) is 0 Å². The molecule has 1 saturated heterocycles. The topological polar surface area (TPSA) is 73.1 Å². The highest BCUT2D eigenvalue weighted by molar-refractivity contribution is 8.00. The van der Waals surface area contributed by atoms with Crippen molar-refractivity contribution in [2.45, 2.75) is 56.3 Å². The second-order valence-electron chi connectivity index (χ2n) is 6.38. The van der Waals surface area contributed by atoms with E-state index in [1.165, 1.54) is 11.8 Å². The summed E-state index contributed by atoms with van der Waals surface area (Å²) in [5, 5.41) is 12.3. The fourth-order valence-corrected chi connectivity index (χ4v) is 3.87. The van der Waals surface area contributed by atoms with Crippen molar-refractivity contribution >= 4 is 17.7 Å². The maximum Gasteiger partial charge on any atom is 0.236 e. The van der Waals surface area contributed by atoms with E-state index in [0.717, 1.165) is 25.0 Å². The van der Waals surface area contributed by atoms with Crippen molar-refractivity contribution in [1.29, 1.82) is 0 Å². The van der Waals surface area contributed by atoms with Crippen LogP contribution >= 0.6 is 11.8 Å². The Morgan fingerprint density at radius 3 is 2.92 bits per heavy atom. The molecule has 1 aliphatic heterocycles.